The van der Waals surface area contributed by atoms with Crippen LogP contribution in [0.4, 0.5) is 24.8 Å². The summed E-state index contributed by atoms with van der Waals surface area (Å²) in [6.45, 7) is 5.10. The minimum absolute atomic E-state index is 0.0518. The first-order valence-electron chi connectivity index (χ1n) is 10.6. The highest BCUT2D eigenvalue weighted by molar-refractivity contribution is 6.32. The molecule has 2 aromatic heterocycles. The Morgan fingerprint density at radius 2 is 1.90 bits per heavy atom. The van der Waals surface area contributed by atoms with E-state index in [1.54, 1.807) is 10.9 Å². The molecule has 3 heterocycles. The standard InChI is InChI=1S/C20H24ClF3N6O/c21-17-15(27-18-25-9-14(20(22,23)24)16(28-18)13-1-2-13)10-26-30(17)12-19(3-4-19)11-29-5-7-31-8-6-29/h9-10,13H,1-8,11-12H2,(H,25,27,28). The Hall–Kier alpha value is -1.91. The van der Waals surface area contributed by atoms with Crippen molar-refractivity contribution in [3.05, 3.63) is 28.8 Å². The van der Waals surface area contributed by atoms with E-state index in [-0.39, 0.29) is 23.0 Å². The van der Waals surface area contributed by atoms with E-state index >= 15 is 0 Å². The Kier molecular flexibility index (Phi) is 5.34. The monoisotopic (exact) mass is 456 g/mol. The second-order valence-electron chi connectivity index (χ2n) is 8.78. The highest BCUT2D eigenvalue weighted by Crippen LogP contribution is 2.49. The van der Waals surface area contributed by atoms with Gasteiger partial charge in [0, 0.05) is 43.7 Å². The maximum absolute atomic E-state index is 13.2. The molecule has 5 rings (SSSR count). The molecule has 7 nitrogen and oxygen atoms in total. The summed E-state index contributed by atoms with van der Waals surface area (Å²) >= 11 is 6.54. The zero-order valence-corrected chi connectivity index (χ0v) is 17.7. The van der Waals surface area contributed by atoms with Crippen LogP contribution in [-0.2, 0) is 17.5 Å². The second-order valence-corrected chi connectivity index (χ2v) is 9.14. The first-order chi connectivity index (χ1) is 14.8. The van der Waals surface area contributed by atoms with Gasteiger partial charge in [0.25, 0.3) is 0 Å². The van der Waals surface area contributed by atoms with Crippen molar-refractivity contribution in [3.63, 3.8) is 0 Å². The number of hydrogen-bond donors (Lipinski definition) is 1. The molecule has 168 valence electrons. The zero-order valence-electron chi connectivity index (χ0n) is 17.0. The lowest BCUT2D eigenvalue weighted by Crippen LogP contribution is -2.40. The third-order valence-electron chi connectivity index (χ3n) is 6.21. The Morgan fingerprint density at radius 1 is 1.16 bits per heavy atom. The molecule has 2 saturated carbocycles. The van der Waals surface area contributed by atoms with Gasteiger partial charge in [-0.25, -0.2) is 9.97 Å². The first-order valence-corrected chi connectivity index (χ1v) is 10.9. The molecular formula is C20H24ClF3N6O. The first kappa shape index (κ1) is 21.0. The van der Waals surface area contributed by atoms with Crippen molar-refractivity contribution in [1.29, 1.82) is 0 Å². The molecule has 31 heavy (non-hydrogen) atoms. The van der Waals surface area contributed by atoms with Crippen LogP contribution in [0.5, 0.6) is 0 Å². The van der Waals surface area contributed by atoms with E-state index in [1.807, 2.05) is 0 Å². The second kappa shape index (κ2) is 7.90. The number of nitrogens with zero attached hydrogens (tertiary/aromatic N) is 5. The summed E-state index contributed by atoms with van der Waals surface area (Å²) in [5, 5.41) is 7.76. The summed E-state index contributed by atoms with van der Waals surface area (Å²) in [5.41, 5.74) is -0.0590. The largest absolute Gasteiger partial charge is 0.419 e. The lowest BCUT2D eigenvalue weighted by molar-refractivity contribution is -0.138. The fraction of sp³-hybridized carbons (Fsp3) is 0.650. The molecule has 0 amide bonds. The zero-order chi connectivity index (χ0) is 21.6. The molecule has 3 aliphatic rings. The number of halogens is 4. The van der Waals surface area contributed by atoms with E-state index in [9.17, 15) is 13.2 Å². The maximum Gasteiger partial charge on any atom is 0.419 e. The van der Waals surface area contributed by atoms with Crippen LogP contribution in [0.3, 0.4) is 0 Å². The topological polar surface area (TPSA) is 68.1 Å². The molecule has 3 fully saturated rings. The van der Waals surface area contributed by atoms with Gasteiger partial charge in [0.15, 0.2) is 5.15 Å². The Labute approximate surface area is 182 Å². The molecule has 0 aromatic carbocycles. The molecular weight excluding hydrogens is 433 g/mol. The molecule has 0 radical (unpaired) electrons. The van der Waals surface area contributed by atoms with Crippen LogP contribution in [-0.4, -0.2) is 57.5 Å². The van der Waals surface area contributed by atoms with E-state index in [1.165, 1.54) is 0 Å². The molecule has 2 aromatic rings. The van der Waals surface area contributed by atoms with E-state index in [4.69, 9.17) is 16.3 Å². The Balaban J connectivity index is 1.29. The fourth-order valence-corrected chi connectivity index (χ4v) is 4.32. The van der Waals surface area contributed by atoms with Crippen LogP contribution in [0, 0.1) is 5.41 Å². The van der Waals surface area contributed by atoms with E-state index in [0.29, 0.717) is 30.2 Å². The summed E-state index contributed by atoms with van der Waals surface area (Å²) in [4.78, 5) is 10.4. The molecule has 0 spiro atoms. The average Bonchev–Trinajstić information content (AvgIpc) is 3.65. The van der Waals surface area contributed by atoms with Gasteiger partial charge in [-0.15, -0.1) is 0 Å². The third-order valence-corrected chi connectivity index (χ3v) is 6.61. The molecule has 11 heteroatoms. The van der Waals surface area contributed by atoms with Crippen LogP contribution in [0.1, 0.15) is 42.9 Å². The van der Waals surface area contributed by atoms with Gasteiger partial charge >= 0.3 is 6.18 Å². The molecule has 2 aliphatic carbocycles. The normalized spacial score (nSPS) is 21.3. The van der Waals surface area contributed by atoms with Gasteiger partial charge in [-0.3, -0.25) is 9.58 Å². The van der Waals surface area contributed by atoms with Crippen molar-refractivity contribution < 1.29 is 17.9 Å². The van der Waals surface area contributed by atoms with Gasteiger partial charge in [-0.2, -0.15) is 18.3 Å². The number of alkyl halides is 3. The van der Waals surface area contributed by atoms with Crippen molar-refractivity contribution in [2.75, 3.05) is 38.2 Å². The highest BCUT2D eigenvalue weighted by Gasteiger charge is 2.45. The quantitative estimate of drug-likeness (QED) is 0.677. The molecule has 0 atom stereocenters. The molecule has 1 aliphatic heterocycles. The number of nitrogens with one attached hydrogen (secondary N) is 1. The average molecular weight is 457 g/mol. The number of aromatic nitrogens is 4. The minimum Gasteiger partial charge on any atom is -0.379 e. The Morgan fingerprint density at radius 3 is 2.55 bits per heavy atom. The van der Waals surface area contributed by atoms with Gasteiger partial charge < -0.3 is 10.1 Å². The summed E-state index contributed by atoms with van der Waals surface area (Å²) < 4.78 is 46.9. The lowest BCUT2D eigenvalue weighted by atomic mass is 10.1. The van der Waals surface area contributed by atoms with Gasteiger partial charge in [-0.05, 0) is 25.7 Å². The van der Waals surface area contributed by atoms with Gasteiger partial charge in [0.2, 0.25) is 5.95 Å². The van der Waals surface area contributed by atoms with Crippen LogP contribution >= 0.6 is 11.6 Å². The van der Waals surface area contributed by atoms with Crippen molar-refractivity contribution >= 4 is 23.2 Å². The van der Waals surface area contributed by atoms with Crippen LogP contribution in [0.2, 0.25) is 5.15 Å². The van der Waals surface area contributed by atoms with Crippen LogP contribution in [0.25, 0.3) is 0 Å². The number of anilines is 2. The number of hydrogen-bond acceptors (Lipinski definition) is 6. The van der Waals surface area contributed by atoms with Gasteiger partial charge in [0.05, 0.1) is 36.4 Å². The fourth-order valence-electron chi connectivity index (χ4n) is 4.12. The number of morpholine rings is 1. The van der Waals surface area contributed by atoms with Crippen LogP contribution < -0.4 is 5.32 Å². The third kappa shape index (κ3) is 4.65. The van der Waals surface area contributed by atoms with Crippen molar-refractivity contribution in [1.82, 2.24) is 24.6 Å². The van der Waals surface area contributed by atoms with Crippen LogP contribution in [0.15, 0.2) is 12.4 Å². The number of rotatable bonds is 7. The van der Waals surface area contributed by atoms with E-state index < -0.39 is 11.7 Å². The molecule has 1 N–H and O–H groups in total. The minimum atomic E-state index is -4.46. The summed E-state index contributed by atoms with van der Waals surface area (Å²) in [6.07, 6.45) is 1.63. The predicted molar refractivity (Wildman–Crippen MR) is 108 cm³/mol. The summed E-state index contributed by atoms with van der Waals surface area (Å²) in [6, 6.07) is 0. The van der Waals surface area contributed by atoms with Crippen molar-refractivity contribution in [3.8, 4) is 0 Å². The summed E-state index contributed by atoms with van der Waals surface area (Å²) in [5.74, 6) is -0.0564. The molecule has 0 unspecified atom stereocenters. The summed E-state index contributed by atoms with van der Waals surface area (Å²) in [7, 11) is 0. The van der Waals surface area contributed by atoms with E-state index in [2.05, 4.69) is 25.3 Å². The molecule has 0 bridgehead atoms. The van der Waals surface area contributed by atoms with Crippen molar-refractivity contribution in [2.24, 2.45) is 5.41 Å². The number of ether oxygens (including phenoxy) is 1. The van der Waals surface area contributed by atoms with Gasteiger partial charge in [-0.1, -0.05) is 11.6 Å². The maximum atomic E-state index is 13.2. The van der Waals surface area contributed by atoms with E-state index in [0.717, 1.165) is 51.9 Å². The smallest absolute Gasteiger partial charge is 0.379 e. The van der Waals surface area contributed by atoms with Gasteiger partial charge in [0.1, 0.15) is 0 Å². The Bertz CT molecular complexity index is 951. The highest BCUT2D eigenvalue weighted by atomic mass is 35.5. The van der Waals surface area contributed by atoms with Crippen molar-refractivity contribution in [2.45, 2.75) is 44.3 Å². The lowest BCUT2D eigenvalue weighted by Gasteiger charge is -2.30. The molecule has 1 saturated heterocycles. The predicted octanol–water partition coefficient (Wildman–Crippen LogP) is 4.08. The SMILES string of the molecule is FC(F)(F)c1cnc(Nc2cnn(CC3(CN4CCOCC4)CC3)c2Cl)nc1C1CC1.